The SMILES string of the molecule is CCc1ccc(S(=O)(=O)N2CCCc3c(N)cccc32)s1.Cl. The van der Waals surface area contributed by atoms with E-state index in [2.05, 4.69) is 0 Å². The molecule has 0 bridgehead atoms. The number of nitrogen functional groups attached to an aromatic ring is 1. The molecule has 0 spiro atoms. The molecule has 0 aliphatic carbocycles. The van der Waals surface area contributed by atoms with Crippen molar-refractivity contribution in [1.29, 1.82) is 0 Å². The molecule has 0 atom stereocenters. The molecule has 2 aromatic rings. The minimum absolute atomic E-state index is 0. The Bertz CT molecular complexity index is 772. The number of aryl methyl sites for hydroxylation is 1. The van der Waals surface area contributed by atoms with E-state index < -0.39 is 10.0 Å². The lowest BCUT2D eigenvalue weighted by Gasteiger charge is -2.30. The van der Waals surface area contributed by atoms with Crippen molar-refractivity contribution in [3.63, 3.8) is 0 Å². The van der Waals surface area contributed by atoms with Gasteiger partial charge in [0, 0.05) is 17.1 Å². The predicted octanol–water partition coefficient (Wildman–Crippen LogP) is 3.46. The number of benzene rings is 1. The van der Waals surface area contributed by atoms with Crippen molar-refractivity contribution in [1.82, 2.24) is 0 Å². The molecule has 1 aromatic heterocycles. The number of anilines is 2. The number of thiophene rings is 1. The second-order valence-electron chi connectivity index (χ2n) is 5.10. The topological polar surface area (TPSA) is 63.4 Å². The number of sulfonamides is 1. The van der Waals surface area contributed by atoms with Crippen molar-refractivity contribution in [2.75, 3.05) is 16.6 Å². The zero-order valence-corrected chi connectivity index (χ0v) is 14.7. The summed E-state index contributed by atoms with van der Waals surface area (Å²) in [6, 6.07) is 9.08. The molecule has 0 amide bonds. The third kappa shape index (κ3) is 2.83. The summed E-state index contributed by atoms with van der Waals surface area (Å²) < 4.78 is 27.7. The first-order valence-corrected chi connectivity index (χ1v) is 9.28. The van der Waals surface area contributed by atoms with Crippen molar-refractivity contribution < 1.29 is 8.42 Å². The number of hydrogen-bond acceptors (Lipinski definition) is 4. The fourth-order valence-electron chi connectivity index (χ4n) is 2.66. The molecule has 1 aliphatic heterocycles. The summed E-state index contributed by atoms with van der Waals surface area (Å²) in [5, 5.41) is 0. The minimum atomic E-state index is -3.49. The standard InChI is InChI=1S/C15H18N2O2S2.ClH/c1-2-11-8-9-15(20-11)21(18,19)17-10-4-5-12-13(16)6-3-7-14(12)17;/h3,6-9H,2,4-5,10,16H2,1H3;1H. The van der Waals surface area contributed by atoms with Gasteiger partial charge in [-0.3, -0.25) is 4.31 Å². The molecule has 0 saturated heterocycles. The Balaban J connectivity index is 0.00000176. The Hall–Kier alpha value is -1.24. The van der Waals surface area contributed by atoms with Crippen molar-refractivity contribution in [2.45, 2.75) is 30.4 Å². The van der Waals surface area contributed by atoms with Gasteiger partial charge in [-0.15, -0.1) is 23.7 Å². The fraction of sp³-hybridized carbons (Fsp3) is 0.333. The maximum atomic E-state index is 12.9. The van der Waals surface area contributed by atoms with Gasteiger partial charge in [0.25, 0.3) is 10.0 Å². The summed E-state index contributed by atoms with van der Waals surface area (Å²) in [4.78, 5) is 1.08. The summed E-state index contributed by atoms with van der Waals surface area (Å²) in [6.07, 6.45) is 2.48. The highest BCUT2D eigenvalue weighted by Crippen LogP contribution is 2.36. The van der Waals surface area contributed by atoms with E-state index in [0.29, 0.717) is 16.4 Å². The molecular formula is C15H19ClN2O2S2. The summed E-state index contributed by atoms with van der Waals surface area (Å²) >= 11 is 1.35. The number of rotatable bonds is 3. The van der Waals surface area contributed by atoms with Crippen molar-refractivity contribution in [2.24, 2.45) is 0 Å². The van der Waals surface area contributed by atoms with E-state index in [9.17, 15) is 8.42 Å². The van der Waals surface area contributed by atoms with Gasteiger partial charge in [0.05, 0.1) is 5.69 Å². The first-order chi connectivity index (χ1) is 10.0. The lowest BCUT2D eigenvalue weighted by molar-refractivity contribution is 0.588. The Labute approximate surface area is 141 Å². The van der Waals surface area contributed by atoms with E-state index >= 15 is 0 Å². The van der Waals surface area contributed by atoms with Crippen LogP contribution in [-0.2, 0) is 22.9 Å². The Morgan fingerprint density at radius 3 is 2.73 bits per heavy atom. The van der Waals surface area contributed by atoms with Crippen molar-refractivity contribution in [3.8, 4) is 0 Å². The minimum Gasteiger partial charge on any atom is -0.398 e. The normalized spacial score (nSPS) is 14.3. The van der Waals surface area contributed by atoms with Gasteiger partial charge in [-0.1, -0.05) is 13.0 Å². The van der Waals surface area contributed by atoms with Gasteiger partial charge >= 0.3 is 0 Å². The van der Waals surface area contributed by atoms with Crippen LogP contribution in [-0.4, -0.2) is 15.0 Å². The lowest BCUT2D eigenvalue weighted by atomic mass is 10.0. The summed E-state index contributed by atoms with van der Waals surface area (Å²) in [5.41, 5.74) is 8.34. The highest BCUT2D eigenvalue weighted by atomic mass is 35.5. The first-order valence-electron chi connectivity index (χ1n) is 7.03. The summed E-state index contributed by atoms with van der Waals surface area (Å²) in [5.74, 6) is 0. The fourth-order valence-corrected chi connectivity index (χ4v) is 5.61. The van der Waals surface area contributed by atoms with Crippen LogP contribution in [0.1, 0.15) is 23.8 Å². The average Bonchev–Trinajstić information content (AvgIpc) is 2.97. The molecule has 120 valence electrons. The summed E-state index contributed by atoms with van der Waals surface area (Å²) in [7, 11) is -3.49. The zero-order chi connectivity index (χ0) is 15.0. The molecule has 7 heteroatoms. The van der Waals surface area contributed by atoms with Crippen molar-refractivity contribution in [3.05, 3.63) is 40.8 Å². The monoisotopic (exact) mass is 358 g/mol. The molecule has 0 fully saturated rings. The third-order valence-corrected chi connectivity index (χ3v) is 7.28. The van der Waals surface area contributed by atoms with Gasteiger partial charge < -0.3 is 5.73 Å². The maximum Gasteiger partial charge on any atom is 0.273 e. The number of nitrogens with two attached hydrogens (primary N) is 1. The average molecular weight is 359 g/mol. The number of halogens is 1. The highest BCUT2D eigenvalue weighted by molar-refractivity contribution is 7.94. The van der Waals surface area contributed by atoms with Crippen molar-refractivity contribution >= 4 is 45.1 Å². The van der Waals surface area contributed by atoms with E-state index in [4.69, 9.17) is 5.73 Å². The van der Waals surface area contributed by atoms with Gasteiger partial charge in [-0.05, 0) is 49.1 Å². The van der Waals surface area contributed by atoms with E-state index in [0.717, 1.165) is 35.4 Å². The Kier molecular flexibility index (Phi) is 5.04. The van der Waals surface area contributed by atoms with E-state index in [1.54, 1.807) is 6.07 Å². The number of hydrogen-bond donors (Lipinski definition) is 1. The molecule has 4 nitrogen and oxygen atoms in total. The molecule has 2 N–H and O–H groups in total. The van der Waals surface area contributed by atoms with Gasteiger partial charge in [-0.2, -0.15) is 0 Å². The molecule has 0 saturated carbocycles. The number of nitrogens with zero attached hydrogens (tertiary/aromatic N) is 1. The van der Waals surface area contributed by atoms with E-state index in [1.807, 2.05) is 31.2 Å². The quantitative estimate of drug-likeness (QED) is 0.854. The molecule has 1 aliphatic rings. The molecule has 2 heterocycles. The van der Waals surface area contributed by atoms with Crippen LogP contribution in [0.25, 0.3) is 0 Å². The molecule has 0 radical (unpaired) electrons. The Morgan fingerprint density at radius 2 is 2.05 bits per heavy atom. The van der Waals surface area contributed by atoms with Crippen LogP contribution in [0, 0.1) is 0 Å². The number of fused-ring (bicyclic) bond motifs is 1. The second kappa shape index (κ2) is 6.48. The van der Waals surface area contributed by atoms with Gasteiger partial charge in [0.15, 0.2) is 0 Å². The van der Waals surface area contributed by atoms with Crippen LogP contribution in [0.3, 0.4) is 0 Å². The molecule has 22 heavy (non-hydrogen) atoms. The van der Waals surface area contributed by atoms with Gasteiger partial charge in [-0.25, -0.2) is 8.42 Å². The lowest BCUT2D eigenvalue weighted by Crippen LogP contribution is -2.35. The smallest absolute Gasteiger partial charge is 0.273 e. The first kappa shape index (κ1) is 17.1. The van der Waals surface area contributed by atoms with Gasteiger partial charge in [0.2, 0.25) is 0 Å². The third-order valence-electron chi connectivity index (χ3n) is 3.77. The Morgan fingerprint density at radius 1 is 1.27 bits per heavy atom. The van der Waals surface area contributed by atoms with Gasteiger partial charge in [0.1, 0.15) is 4.21 Å². The molecular weight excluding hydrogens is 340 g/mol. The van der Waals surface area contributed by atoms with Crippen LogP contribution in [0.4, 0.5) is 11.4 Å². The molecule has 3 rings (SSSR count). The largest absolute Gasteiger partial charge is 0.398 e. The van der Waals surface area contributed by atoms with Crippen LogP contribution in [0.2, 0.25) is 0 Å². The van der Waals surface area contributed by atoms with Crippen LogP contribution in [0.5, 0.6) is 0 Å². The highest BCUT2D eigenvalue weighted by Gasteiger charge is 2.30. The maximum absolute atomic E-state index is 12.9. The predicted molar refractivity (Wildman–Crippen MR) is 94.7 cm³/mol. The van der Waals surface area contributed by atoms with Crippen LogP contribution >= 0.6 is 23.7 Å². The van der Waals surface area contributed by atoms with E-state index in [-0.39, 0.29) is 12.4 Å². The molecule has 1 aromatic carbocycles. The summed E-state index contributed by atoms with van der Waals surface area (Å²) in [6.45, 7) is 2.54. The second-order valence-corrected chi connectivity index (χ2v) is 8.36. The van der Waals surface area contributed by atoms with E-state index in [1.165, 1.54) is 15.6 Å². The van der Waals surface area contributed by atoms with Crippen LogP contribution < -0.4 is 10.0 Å². The molecule has 0 unspecified atom stereocenters. The van der Waals surface area contributed by atoms with Crippen LogP contribution in [0.15, 0.2) is 34.5 Å². The zero-order valence-electron chi connectivity index (χ0n) is 12.3.